The zero-order valence-corrected chi connectivity index (χ0v) is 9.77. The quantitative estimate of drug-likeness (QED) is 0.812. The van der Waals surface area contributed by atoms with E-state index in [4.69, 9.17) is 5.11 Å². The number of hydrogen-bond acceptors (Lipinski definition) is 3. The van der Waals surface area contributed by atoms with Crippen molar-refractivity contribution < 1.29 is 9.90 Å². The third-order valence-electron chi connectivity index (χ3n) is 1.62. The van der Waals surface area contributed by atoms with Crippen molar-refractivity contribution in [3.05, 3.63) is 33.5 Å². The predicted octanol–water partition coefficient (Wildman–Crippen LogP) is 2.41. The lowest BCUT2D eigenvalue weighted by Gasteiger charge is -2.11. The molecular formula is C9H10BrNO2S. The van der Waals surface area contributed by atoms with Crippen LogP contribution in [0, 0.1) is 0 Å². The lowest BCUT2D eigenvalue weighted by molar-refractivity contribution is -0.139. The van der Waals surface area contributed by atoms with Crippen LogP contribution in [0.4, 0.5) is 0 Å². The van der Waals surface area contributed by atoms with Crippen LogP contribution in [0.5, 0.6) is 0 Å². The van der Waals surface area contributed by atoms with Gasteiger partial charge in [-0.3, -0.25) is 10.1 Å². The van der Waals surface area contributed by atoms with E-state index in [1.54, 1.807) is 6.08 Å². The van der Waals surface area contributed by atoms with Gasteiger partial charge in [0.2, 0.25) is 0 Å². The Bertz CT molecular complexity index is 337. The molecule has 0 radical (unpaired) electrons. The van der Waals surface area contributed by atoms with Crippen LogP contribution < -0.4 is 5.32 Å². The number of carboxylic acid groups (broad SMARTS) is 1. The molecule has 0 aliphatic carbocycles. The molecule has 0 saturated heterocycles. The van der Waals surface area contributed by atoms with Crippen molar-refractivity contribution in [3.63, 3.8) is 0 Å². The Hall–Kier alpha value is -0.650. The van der Waals surface area contributed by atoms with Gasteiger partial charge in [0.15, 0.2) is 0 Å². The Labute approximate surface area is 94.6 Å². The van der Waals surface area contributed by atoms with Crippen molar-refractivity contribution in [2.75, 3.05) is 6.54 Å². The maximum absolute atomic E-state index is 10.9. The van der Waals surface area contributed by atoms with Gasteiger partial charge >= 0.3 is 5.97 Å². The number of carboxylic acids is 1. The lowest BCUT2D eigenvalue weighted by Crippen LogP contribution is -2.28. The normalized spacial score (nSPS) is 12.4. The van der Waals surface area contributed by atoms with Crippen LogP contribution in [-0.2, 0) is 4.79 Å². The number of carbonyl (C=O) groups is 1. The fourth-order valence-electron chi connectivity index (χ4n) is 1.00. The van der Waals surface area contributed by atoms with E-state index in [1.165, 1.54) is 11.3 Å². The highest BCUT2D eigenvalue weighted by molar-refractivity contribution is 9.10. The standard InChI is InChI=1S/C9H10BrNO2S/c1-2-4-11-7(9(12)13)8-6(10)3-5-14-8/h2-3,5,7,11H,1,4H2,(H,12,13). The van der Waals surface area contributed by atoms with Crippen LogP contribution in [0.15, 0.2) is 28.6 Å². The number of hydrogen-bond donors (Lipinski definition) is 2. The molecule has 1 atom stereocenters. The van der Waals surface area contributed by atoms with Gasteiger partial charge in [-0.05, 0) is 27.4 Å². The topological polar surface area (TPSA) is 49.3 Å². The van der Waals surface area contributed by atoms with Crippen LogP contribution in [0.3, 0.4) is 0 Å². The number of rotatable bonds is 5. The van der Waals surface area contributed by atoms with Crippen molar-refractivity contribution in [3.8, 4) is 0 Å². The SMILES string of the molecule is C=CCNC(C(=O)O)c1sccc1Br. The highest BCUT2D eigenvalue weighted by Gasteiger charge is 2.21. The maximum Gasteiger partial charge on any atom is 0.326 e. The Morgan fingerprint density at radius 2 is 2.57 bits per heavy atom. The molecule has 1 aromatic heterocycles. The van der Waals surface area contributed by atoms with Crippen LogP contribution in [0.2, 0.25) is 0 Å². The fourth-order valence-corrected chi connectivity index (χ4v) is 2.67. The molecule has 5 heteroatoms. The van der Waals surface area contributed by atoms with Gasteiger partial charge in [0.1, 0.15) is 6.04 Å². The Balaban J connectivity index is 2.83. The molecule has 0 fully saturated rings. The van der Waals surface area contributed by atoms with E-state index < -0.39 is 12.0 Å². The summed E-state index contributed by atoms with van der Waals surface area (Å²) in [6, 6.07) is 1.17. The molecule has 0 aromatic carbocycles. The Morgan fingerprint density at radius 1 is 1.86 bits per heavy atom. The van der Waals surface area contributed by atoms with E-state index in [1.807, 2.05) is 11.4 Å². The second-order valence-corrected chi connectivity index (χ2v) is 4.40. The smallest absolute Gasteiger partial charge is 0.326 e. The van der Waals surface area contributed by atoms with E-state index in [0.717, 1.165) is 9.35 Å². The van der Waals surface area contributed by atoms with Crippen LogP contribution in [-0.4, -0.2) is 17.6 Å². The molecule has 0 aliphatic heterocycles. The average Bonchev–Trinajstić information content (AvgIpc) is 2.52. The molecule has 1 aromatic rings. The van der Waals surface area contributed by atoms with Gasteiger partial charge < -0.3 is 5.11 Å². The summed E-state index contributed by atoms with van der Waals surface area (Å²) in [7, 11) is 0. The van der Waals surface area contributed by atoms with Gasteiger partial charge in [0, 0.05) is 15.9 Å². The summed E-state index contributed by atoms with van der Waals surface area (Å²) in [5, 5.41) is 13.7. The van der Waals surface area contributed by atoms with E-state index in [2.05, 4.69) is 27.8 Å². The third-order valence-corrected chi connectivity index (χ3v) is 3.56. The number of nitrogens with one attached hydrogen (secondary N) is 1. The van der Waals surface area contributed by atoms with Crippen molar-refractivity contribution in [1.29, 1.82) is 0 Å². The number of aliphatic carboxylic acids is 1. The highest BCUT2D eigenvalue weighted by Crippen LogP contribution is 2.29. The first-order valence-corrected chi connectivity index (χ1v) is 5.64. The largest absolute Gasteiger partial charge is 0.480 e. The summed E-state index contributed by atoms with van der Waals surface area (Å²) < 4.78 is 0.825. The van der Waals surface area contributed by atoms with Gasteiger partial charge in [-0.25, -0.2) is 0 Å². The van der Waals surface area contributed by atoms with E-state index in [-0.39, 0.29) is 0 Å². The predicted molar refractivity (Wildman–Crippen MR) is 60.6 cm³/mol. The minimum atomic E-state index is -0.880. The van der Waals surface area contributed by atoms with Crippen LogP contribution in [0.1, 0.15) is 10.9 Å². The van der Waals surface area contributed by atoms with Crippen molar-refractivity contribution in [1.82, 2.24) is 5.32 Å². The first-order valence-electron chi connectivity index (χ1n) is 3.96. The molecule has 1 heterocycles. The van der Waals surface area contributed by atoms with Crippen molar-refractivity contribution in [2.45, 2.75) is 6.04 Å². The molecule has 2 N–H and O–H groups in total. The number of thiophene rings is 1. The molecule has 0 saturated carbocycles. The monoisotopic (exact) mass is 275 g/mol. The van der Waals surface area contributed by atoms with Gasteiger partial charge in [-0.1, -0.05) is 6.08 Å². The summed E-state index contributed by atoms with van der Waals surface area (Å²) in [4.78, 5) is 11.7. The lowest BCUT2D eigenvalue weighted by atomic mass is 10.2. The molecule has 14 heavy (non-hydrogen) atoms. The third kappa shape index (κ3) is 2.67. The fraction of sp³-hybridized carbons (Fsp3) is 0.222. The van der Waals surface area contributed by atoms with E-state index >= 15 is 0 Å². The van der Waals surface area contributed by atoms with Gasteiger partial charge in [-0.2, -0.15) is 0 Å². The molecule has 1 rings (SSSR count). The second-order valence-electron chi connectivity index (χ2n) is 2.60. The summed E-state index contributed by atoms with van der Waals surface area (Å²) >= 11 is 4.72. The highest BCUT2D eigenvalue weighted by atomic mass is 79.9. The van der Waals surface area contributed by atoms with Crippen molar-refractivity contribution >= 4 is 33.2 Å². The number of halogens is 1. The second kappa shape index (κ2) is 5.29. The average molecular weight is 276 g/mol. The summed E-state index contributed by atoms with van der Waals surface area (Å²) in [6.45, 7) is 4.01. The first-order chi connectivity index (χ1) is 6.66. The molecule has 1 unspecified atom stereocenters. The molecule has 0 bridgehead atoms. The van der Waals surface area contributed by atoms with E-state index in [0.29, 0.717) is 6.54 Å². The van der Waals surface area contributed by atoms with Crippen LogP contribution >= 0.6 is 27.3 Å². The molecule has 3 nitrogen and oxygen atoms in total. The minimum absolute atomic E-state index is 0.474. The molecule has 0 amide bonds. The molecule has 0 spiro atoms. The summed E-state index contributed by atoms with van der Waals surface area (Å²) in [6.07, 6.45) is 1.64. The summed E-state index contributed by atoms with van der Waals surface area (Å²) in [5.41, 5.74) is 0. The Kier molecular flexibility index (Phi) is 4.31. The molecule has 0 aliphatic rings. The van der Waals surface area contributed by atoms with Crippen molar-refractivity contribution in [2.24, 2.45) is 0 Å². The maximum atomic E-state index is 10.9. The Morgan fingerprint density at radius 3 is 3.00 bits per heavy atom. The first kappa shape index (κ1) is 11.4. The molecule has 76 valence electrons. The van der Waals surface area contributed by atoms with Gasteiger partial charge in [-0.15, -0.1) is 17.9 Å². The zero-order valence-electron chi connectivity index (χ0n) is 7.37. The van der Waals surface area contributed by atoms with Crippen LogP contribution in [0.25, 0.3) is 0 Å². The zero-order chi connectivity index (χ0) is 10.6. The van der Waals surface area contributed by atoms with E-state index in [9.17, 15) is 4.79 Å². The minimum Gasteiger partial charge on any atom is -0.480 e. The van der Waals surface area contributed by atoms with Gasteiger partial charge in [0.25, 0.3) is 0 Å². The molecular weight excluding hydrogens is 266 g/mol. The summed E-state index contributed by atoms with van der Waals surface area (Å²) in [5.74, 6) is -0.880. The van der Waals surface area contributed by atoms with Gasteiger partial charge in [0.05, 0.1) is 0 Å².